The average Bonchev–Trinajstić information content (AvgIpc) is 3.22. The molecule has 0 heterocycles. The molecular weight excluding hydrogens is 740 g/mol. The molecule has 0 saturated heterocycles. The summed E-state index contributed by atoms with van der Waals surface area (Å²) in [5.41, 5.74) is 1.87. The SMILES string of the molecule is C=C(C)C(=O)OCCNC(=O)OC(COC(=O)c1ccc(Oc2ccc(C(=O)OCC(OC(=O)NCCOC(C)=O)c3ccccc3)cc2)cc1)c1ccccc1. The van der Waals surface area contributed by atoms with Crippen LogP contribution in [0.4, 0.5) is 9.59 Å². The lowest BCUT2D eigenvalue weighted by atomic mass is 10.1. The molecular formula is C42H42N2O13. The highest BCUT2D eigenvalue weighted by atomic mass is 16.6. The van der Waals surface area contributed by atoms with Crippen LogP contribution in [0, 0.1) is 0 Å². The van der Waals surface area contributed by atoms with E-state index in [1.807, 2.05) is 0 Å². The van der Waals surface area contributed by atoms with E-state index in [1.54, 1.807) is 84.9 Å². The maximum Gasteiger partial charge on any atom is 0.407 e. The maximum atomic E-state index is 12.9. The van der Waals surface area contributed by atoms with E-state index in [0.717, 1.165) is 0 Å². The number of hydrogen-bond acceptors (Lipinski definition) is 13. The van der Waals surface area contributed by atoms with Crippen LogP contribution in [-0.2, 0) is 38.0 Å². The first-order valence-electron chi connectivity index (χ1n) is 17.7. The van der Waals surface area contributed by atoms with Gasteiger partial charge in [0.1, 0.15) is 37.9 Å². The van der Waals surface area contributed by atoms with Crippen LogP contribution in [0.15, 0.2) is 121 Å². The van der Waals surface area contributed by atoms with Crippen LogP contribution in [-0.4, -0.2) is 75.6 Å². The van der Waals surface area contributed by atoms with Crippen LogP contribution in [0.25, 0.3) is 0 Å². The minimum absolute atomic E-state index is 0.00178. The first-order valence-corrected chi connectivity index (χ1v) is 17.7. The number of amides is 2. The molecule has 15 nitrogen and oxygen atoms in total. The topological polar surface area (TPSA) is 191 Å². The first-order chi connectivity index (χ1) is 27.5. The van der Waals surface area contributed by atoms with E-state index >= 15 is 0 Å². The van der Waals surface area contributed by atoms with Crippen LogP contribution < -0.4 is 15.4 Å². The lowest BCUT2D eigenvalue weighted by Crippen LogP contribution is -2.31. The zero-order valence-electron chi connectivity index (χ0n) is 31.3. The maximum absolute atomic E-state index is 12.9. The van der Waals surface area contributed by atoms with Gasteiger partial charge < -0.3 is 43.8 Å². The fourth-order valence-corrected chi connectivity index (χ4v) is 4.77. The predicted molar refractivity (Wildman–Crippen MR) is 203 cm³/mol. The largest absolute Gasteiger partial charge is 0.464 e. The molecule has 2 amide bonds. The van der Waals surface area contributed by atoms with Crippen LogP contribution >= 0.6 is 0 Å². The van der Waals surface area contributed by atoms with E-state index < -0.39 is 48.3 Å². The van der Waals surface area contributed by atoms with Gasteiger partial charge in [-0.3, -0.25) is 4.79 Å². The van der Waals surface area contributed by atoms with Gasteiger partial charge in [-0.15, -0.1) is 0 Å². The fourth-order valence-electron chi connectivity index (χ4n) is 4.77. The van der Waals surface area contributed by atoms with Gasteiger partial charge in [0.2, 0.25) is 0 Å². The molecule has 0 saturated carbocycles. The molecule has 0 aromatic heterocycles. The highest BCUT2D eigenvalue weighted by molar-refractivity contribution is 5.90. The van der Waals surface area contributed by atoms with E-state index in [2.05, 4.69) is 17.2 Å². The summed E-state index contributed by atoms with van der Waals surface area (Å²) in [4.78, 5) is 73.0. The van der Waals surface area contributed by atoms with Gasteiger partial charge in [0, 0.05) is 12.5 Å². The molecule has 2 atom stereocenters. The van der Waals surface area contributed by atoms with Gasteiger partial charge in [-0.1, -0.05) is 67.2 Å². The lowest BCUT2D eigenvalue weighted by Gasteiger charge is -2.19. The zero-order chi connectivity index (χ0) is 41.0. The second-order valence-corrected chi connectivity index (χ2v) is 12.1. The van der Waals surface area contributed by atoms with Crippen molar-refractivity contribution >= 4 is 36.1 Å². The molecule has 0 aliphatic rings. The number of alkyl carbamates (subject to hydrolysis) is 2. The first kappa shape index (κ1) is 42.6. The minimum atomic E-state index is -0.924. The van der Waals surface area contributed by atoms with Crippen molar-refractivity contribution in [3.8, 4) is 11.5 Å². The number of rotatable bonds is 19. The van der Waals surface area contributed by atoms with Gasteiger partial charge >= 0.3 is 36.1 Å². The molecule has 0 spiro atoms. The molecule has 4 aromatic rings. The second kappa shape index (κ2) is 22.3. The smallest absolute Gasteiger partial charge is 0.407 e. The van der Waals surface area contributed by atoms with Gasteiger partial charge in [0.25, 0.3) is 0 Å². The quantitative estimate of drug-likeness (QED) is 0.0460. The molecule has 0 aliphatic heterocycles. The third-order valence-electron chi connectivity index (χ3n) is 7.62. The molecule has 15 heteroatoms. The van der Waals surface area contributed by atoms with E-state index in [1.165, 1.54) is 38.1 Å². The Labute approximate surface area is 328 Å². The lowest BCUT2D eigenvalue weighted by molar-refractivity contribution is -0.141. The van der Waals surface area contributed by atoms with Crippen LogP contribution in [0.2, 0.25) is 0 Å². The Balaban J connectivity index is 1.26. The molecule has 57 heavy (non-hydrogen) atoms. The monoisotopic (exact) mass is 782 g/mol. The van der Waals surface area contributed by atoms with Crippen LogP contribution in [0.1, 0.15) is 57.9 Å². The van der Waals surface area contributed by atoms with Crippen molar-refractivity contribution in [2.24, 2.45) is 0 Å². The van der Waals surface area contributed by atoms with Gasteiger partial charge in [0.15, 0.2) is 12.2 Å². The zero-order valence-corrected chi connectivity index (χ0v) is 31.3. The molecule has 0 bridgehead atoms. The molecule has 0 aliphatic carbocycles. The van der Waals surface area contributed by atoms with E-state index in [-0.39, 0.29) is 56.2 Å². The number of esters is 4. The third-order valence-corrected chi connectivity index (χ3v) is 7.62. The Morgan fingerprint density at radius 1 is 0.544 bits per heavy atom. The Bertz CT molecular complexity index is 1970. The predicted octanol–water partition coefficient (Wildman–Crippen LogP) is 6.41. The summed E-state index contributed by atoms with van der Waals surface area (Å²) >= 11 is 0. The second-order valence-electron chi connectivity index (χ2n) is 12.1. The Kier molecular flexibility index (Phi) is 16.6. The van der Waals surface area contributed by atoms with Crippen molar-refractivity contribution in [1.82, 2.24) is 10.6 Å². The molecule has 2 unspecified atom stereocenters. The van der Waals surface area contributed by atoms with Crippen molar-refractivity contribution < 1.29 is 61.9 Å². The Morgan fingerprint density at radius 2 is 0.947 bits per heavy atom. The van der Waals surface area contributed by atoms with Gasteiger partial charge in [0.05, 0.1) is 24.2 Å². The summed E-state index contributed by atoms with van der Waals surface area (Å²) in [6.07, 6.45) is -3.40. The van der Waals surface area contributed by atoms with E-state index in [9.17, 15) is 28.8 Å². The number of carbonyl (C=O) groups is 6. The standard InChI is InChI=1S/C42H42N2O13/c1-28(2)38(46)52-25-23-44-42(50)57-37(31-12-8-5-9-13-31)27-54-40(48)33-16-20-35(21-17-33)55-34-18-14-32(15-19-34)39(47)53-26-36(30-10-6-4-7-11-30)56-41(49)43-22-24-51-29(3)45/h4-21,36-37H,1,22-27H2,2-3H3,(H,43,49)(H,44,50). The van der Waals surface area contributed by atoms with Gasteiger partial charge in [-0.25, -0.2) is 24.0 Å². The van der Waals surface area contributed by atoms with E-state index in [0.29, 0.717) is 22.6 Å². The highest BCUT2D eigenvalue weighted by Gasteiger charge is 2.22. The van der Waals surface area contributed by atoms with Crippen molar-refractivity contribution in [2.45, 2.75) is 26.1 Å². The third kappa shape index (κ3) is 14.9. The highest BCUT2D eigenvalue weighted by Crippen LogP contribution is 2.24. The number of nitrogens with one attached hydrogen (secondary N) is 2. The average molecular weight is 783 g/mol. The number of ether oxygens (including phenoxy) is 7. The minimum Gasteiger partial charge on any atom is -0.464 e. The molecule has 2 N–H and O–H groups in total. The molecule has 4 aromatic carbocycles. The normalized spacial score (nSPS) is 11.4. The van der Waals surface area contributed by atoms with Crippen LogP contribution in [0.3, 0.4) is 0 Å². The number of hydrogen-bond donors (Lipinski definition) is 2. The summed E-state index contributed by atoms with van der Waals surface area (Å²) in [5, 5.41) is 4.97. The van der Waals surface area contributed by atoms with Crippen LogP contribution in [0.5, 0.6) is 11.5 Å². The molecule has 0 fully saturated rings. The number of carbonyl (C=O) groups excluding carboxylic acids is 6. The van der Waals surface area contributed by atoms with Gasteiger partial charge in [-0.2, -0.15) is 0 Å². The molecule has 298 valence electrons. The summed E-state index contributed by atoms with van der Waals surface area (Å²) in [7, 11) is 0. The molecule has 4 rings (SSSR count). The Hall–Kier alpha value is -7.16. The van der Waals surface area contributed by atoms with Crippen molar-refractivity contribution in [2.75, 3.05) is 39.5 Å². The summed E-state index contributed by atoms with van der Waals surface area (Å²) in [6.45, 7) is 5.66. The van der Waals surface area contributed by atoms with E-state index in [4.69, 9.17) is 33.2 Å². The Morgan fingerprint density at radius 3 is 1.33 bits per heavy atom. The van der Waals surface area contributed by atoms with Crippen molar-refractivity contribution in [3.05, 3.63) is 144 Å². The summed E-state index contributed by atoms with van der Waals surface area (Å²) in [5.74, 6) is -1.59. The van der Waals surface area contributed by atoms with Gasteiger partial charge in [-0.05, 0) is 66.6 Å². The summed E-state index contributed by atoms with van der Waals surface area (Å²) in [6, 6.07) is 29.8. The van der Waals surface area contributed by atoms with Crippen molar-refractivity contribution in [1.29, 1.82) is 0 Å². The number of benzene rings is 4. The molecule has 0 radical (unpaired) electrons. The summed E-state index contributed by atoms with van der Waals surface area (Å²) < 4.78 is 37.5. The van der Waals surface area contributed by atoms with Crippen molar-refractivity contribution in [3.63, 3.8) is 0 Å². The fraction of sp³-hybridized carbons (Fsp3) is 0.238.